The Morgan fingerprint density at radius 3 is 1.91 bits per heavy atom. The van der Waals surface area contributed by atoms with Crippen LogP contribution >= 0.6 is 11.6 Å². The lowest BCUT2D eigenvalue weighted by molar-refractivity contribution is -0.140. The van der Waals surface area contributed by atoms with E-state index in [1.54, 1.807) is 22.1 Å². The standard InChI is InChI=1S/C53H78ClFN12O13/c1-37-28-38(30-40(55)29-37)42-32-62-52(50(51(42)67-12-4-41(56)5-13-67)53-63-43-3-2-39(54)31-44(43)64-53)61-8-7-59-45(68)6-18-76-20-22-78-24-26-80-27-25-79-23-21-77-19-11-60-46(69)33-57-9-14-65(35-48(72)73)16-17-66(36-49(74)75)15-10-58-34-47(70)71/h2-3,28-32,41,57-58H,4-27,33-36,56H2,1H3,(H,59,68)(H,60,69)(H,61,62)(H,63,64)(H,70,71)(H,72,73)(H,74,75). The first-order chi connectivity index (χ1) is 38.6. The molecular weight excluding hydrogens is 1070 g/mol. The van der Waals surface area contributed by atoms with Crippen LogP contribution in [-0.2, 0) is 47.7 Å². The van der Waals surface area contributed by atoms with Gasteiger partial charge in [0.25, 0.3) is 0 Å². The van der Waals surface area contributed by atoms with E-state index in [1.165, 1.54) is 12.1 Å². The maximum Gasteiger partial charge on any atom is 0.317 e. The number of aromatic nitrogens is 3. The molecule has 0 atom stereocenters. The van der Waals surface area contributed by atoms with Crippen LogP contribution in [0.1, 0.15) is 24.8 Å². The van der Waals surface area contributed by atoms with E-state index in [0.717, 1.165) is 40.7 Å². The molecule has 1 saturated heterocycles. The van der Waals surface area contributed by atoms with E-state index in [-0.39, 0.29) is 102 Å². The zero-order valence-corrected chi connectivity index (χ0v) is 46.2. The second-order valence-electron chi connectivity index (χ2n) is 18.9. The number of carboxylic acids is 3. The molecule has 5 rings (SSSR count). The van der Waals surface area contributed by atoms with E-state index in [2.05, 4.69) is 36.5 Å². The smallest absolute Gasteiger partial charge is 0.317 e. The zero-order valence-electron chi connectivity index (χ0n) is 45.4. The quantitative estimate of drug-likeness (QED) is 0.0281. The Balaban J connectivity index is 0.873. The minimum atomic E-state index is -1.06. The number of imidazole rings is 1. The lowest BCUT2D eigenvalue weighted by atomic mass is 9.96. The number of nitrogens with two attached hydrogens (primary N) is 1. The van der Waals surface area contributed by atoms with Crippen molar-refractivity contribution in [2.24, 2.45) is 5.73 Å². The molecule has 80 heavy (non-hydrogen) atoms. The molecule has 27 heteroatoms. The van der Waals surface area contributed by atoms with Gasteiger partial charge in [0.05, 0.1) is 115 Å². The van der Waals surface area contributed by atoms with Crippen molar-refractivity contribution in [3.8, 4) is 22.5 Å². The predicted octanol–water partition coefficient (Wildman–Crippen LogP) is 1.47. The molecule has 25 nitrogen and oxygen atoms in total. The predicted molar refractivity (Wildman–Crippen MR) is 299 cm³/mol. The number of nitrogens with one attached hydrogen (secondary N) is 6. The normalized spacial score (nSPS) is 12.9. The highest BCUT2D eigenvalue weighted by Gasteiger charge is 2.28. The average molecular weight is 1150 g/mol. The van der Waals surface area contributed by atoms with E-state index in [0.29, 0.717) is 120 Å². The summed E-state index contributed by atoms with van der Waals surface area (Å²) in [5.41, 5.74) is 11.6. The monoisotopic (exact) mass is 1140 g/mol. The summed E-state index contributed by atoms with van der Waals surface area (Å²) < 4.78 is 42.6. The Hall–Kier alpha value is -6.17. The number of anilines is 2. The van der Waals surface area contributed by atoms with Gasteiger partial charge >= 0.3 is 17.9 Å². The fourth-order valence-corrected chi connectivity index (χ4v) is 8.71. The zero-order chi connectivity index (χ0) is 57.5. The van der Waals surface area contributed by atoms with Gasteiger partial charge in [-0.2, -0.15) is 0 Å². The summed E-state index contributed by atoms with van der Waals surface area (Å²) in [7, 11) is 0. The highest BCUT2D eigenvalue weighted by Crippen LogP contribution is 2.44. The van der Waals surface area contributed by atoms with Crippen LogP contribution in [0.5, 0.6) is 0 Å². The van der Waals surface area contributed by atoms with Crippen molar-refractivity contribution in [3.63, 3.8) is 0 Å². The van der Waals surface area contributed by atoms with Crippen molar-refractivity contribution in [1.82, 2.24) is 46.0 Å². The van der Waals surface area contributed by atoms with Crippen molar-refractivity contribution < 1.29 is 67.4 Å². The van der Waals surface area contributed by atoms with Crippen LogP contribution in [0.2, 0.25) is 5.02 Å². The van der Waals surface area contributed by atoms with Crippen molar-refractivity contribution in [2.45, 2.75) is 32.2 Å². The minimum Gasteiger partial charge on any atom is -0.480 e. The first-order valence-electron chi connectivity index (χ1n) is 26.8. The summed E-state index contributed by atoms with van der Waals surface area (Å²) in [6.07, 6.45) is 3.49. The number of carbonyl (C=O) groups is 5. The number of carboxylic acid groups (broad SMARTS) is 3. The lowest BCUT2D eigenvalue weighted by Crippen LogP contribution is -2.45. The molecule has 0 aliphatic carbocycles. The van der Waals surface area contributed by atoms with Crippen LogP contribution in [-0.4, -0.2) is 240 Å². The van der Waals surface area contributed by atoms with E-state index in [4.69, 9.17) is 56.1 Å². The van der Waals surface area contributed by atoms with Crippen LogP contribution in [0.3, 0.4) is 0 Å². The average Bonchev–Trinajstić information content (AvgIpc) is 3.84. The Kier molecular flexibility index (Phi) is 29.3. The number of hydrogen-bond donors (Lipinski definition) is 10. The van der Waals surface area contributed by atoms with Crippen LogP contribution in [0.4, 0.5) is 15.9 Å². The molecule has 442 valence electrons. The highest BCUT2D eigenvalue weighted by molar-refractivity contribution is 6.31. The van der Waals surface area contributed by atoms with Gasteiger partial charge < -0.3 is 81.2 Å². The number of rotatable bonds is 42. The first kappa shape index (κ1) is 64.6. The minimum absolute atomic E-state index is 0.00707. The fraction of sp³-hybridized carbons (Fsp3) is 0.566. The van der Waals surface area contributed by atoms with Crippen LogP contribution < -0.4 is 37.2 Å². The molecule has 1 fully saturated rings. The molecule has 4 aromatic rings. The van der Waals surface area contributed by atoms with E-state index in [9.17, 15) is 38.6 Å². The summed E-state index contributed by atoms with van der Waals surface area (Å²) in [6.45, 7) is 8.30. The lowest BCUT2D eigenvalue weighted by Gasteiger charge is -2.35. The largest absolute Gasteiger partial charge is 0.480 e. The molecule has 3 heterocycles. The Morgan fingerprint density at radius 2 is 1.31 bits per heavy atom. The SMILES string of the molecule is Cc1cc(F)cc(-c2cnc(NCCNC(=O)CCOCCOCCOCCOCCOCCNC(=O)CNCCN(CCN(CCNCC(=O)O)CC(=O)O)CC(=O)O)c(-c3nc4ccc(Cl)cc4[nH]3)c2N2CCC(N)CC2)c1. The Morgan fingerprint density at radius 1 is 0.725 bits per heavy atom. The third-order valence-electron chi connectivity index (χ3n) is 12.4. The number of hydrogen-bond acceptors (Lipinski definition) is 19. The fourth-order valence-electron chi connectivity index (χ4n) is 8.53. The number of fused-ring (bicyclic) bond motifs is 1. The van der Waals surface area contributed by atoms with E-state index >= 15 is 0 Å². The van der Waals surface area contributed by atoms with Gasteiger partial charge in [0, 0.05) is 101 Å². The van der Waals surface area contributed by atoms with Crippen molar-refractivity contribution >= 4 is 63.9 Å². The number of halogens is 2. The summed E-state index contributed by atoms with van der Waals surface area (Å²) in [4.78, 5) is 77.0. The maximum absolute atomic E-state index is 14.9. The number of carbonyl (C=O) groups excluding carboxylic acids is 2. The number of pyridine rings is 1. The molecule has 2 amide bonds. The van der Waals surface area contributed by atoms with Crippen molar-refractivity contribution in [3.05, 3.63) is 59.0 Å². The van der Waals surface area contributed by atoms with E-state index < -0.39 is 17.9 Å². The number of nitrogens with zero attached hydrogens (tertiary/aromatic N) is 5. The second-order valence-corrected chi connectivity index (χ2v) is 19.3. The molecule has 11 N–H and O–H groups in total. The van der Waals surface area contributed by atoms with E-state index in [1.807, 2.05) is 25.1 Å². The topological polar surface area (TPSA) is 330 Å². The molecule has 0 unspecified atom stereocenters. The highest BCUT2D eigenvalue weighted by atomic mass is 35.5. The number of aliphatic carboxylic acids is 3. The third kappa shape index (κ3) is 24.7. The van der Waals surface area contributed by atoms with Crippen LogP contribution in [0.25, 0.3) is 33.5 Å². The van der Waals surface area contributed by atoms with Gasteiger partial charge in [0.15, 0.2) is 0 Å². The van der Waals surface area contributed by atoms with Gasteiger partial charge in [-0.3, -0.25) is 33.8 Å². The van der Waals surface area contributed by atoms with Crippen LogP contribution in [0.15, 0.2) is 42.6 Å². The molecule has 1 aliphatic heterocycles. The molecular formula is C53H78ClFN12O13. The number of ether oxygens (including phenoxy) is 5. The molecule has 1 aliphatic rings. The summed E-state index contributed by atoms with van der Waals surface area (Å²) in [5.74, 6) is -2.79. The number of aryl methyl sites for hydroxylation is 1. The number of H-pyrrole nitrogens is 1. The number of aromatic amines is 1. The van der Waals surface area contributed by atoms with Crippen molar-refractivity contribution in [1.29, 1.82) is 0 Å². The molecule has 2 aromatic carbocycles. The molecule has 0 bridgehead atoms. The van der Waals surface area contributed by atoms with Crippen LogP contribution in [0, 0.1) is 12.7 Å². The van der Waals surface area contributed by atoms with Gasteiger partial charge in [0.1, 0.15) is 17.5 Å². The van der Waals surface area contributed by atoms with Gasteiger partial charge in [0.2, 0.25) is 11.8 Å². The number of piperidine rings is 1. The second kappa shape index (κ2) is 36.2. The molecule has 0 radical (unpaired) electrons. The molecule has 0 saturated carbocycles. The van der Waals surface area contributed by atoms with Gasteiger partial charge in [-0.25, -0.2) is 14.4 Å². The number of benzene rings is 2. The third-order valence-corrected chi connectivity index (χ3v) is 12.7. The van der Waals surface area contributed by atoms with Gasteiger partial charge in [-0.15, -0.1) is 0 Å². The van der Waals surface area contributed by atoms with Gasteiger partial charge in [-0.1, -0.05) is 17.7 Å². The van der Waals surface area contributed by atoms with Crippen molar-refractivity contribution in [2.75, 3.05) is 174 Å². The summed E-state index contributed by atoms with van der Waals surface area (Å²) in [6, 6.07) is 10.5. The molecule has 2 aromatic heterocycles. The summed E-state index contributed by atoms with van der Waals surface area (Å²) >= 11 is 6.35. The molecule has 0 spiro atoms. The summed E-state index contributed by atoms with van der Waals surface area (Å²) in [5, 5.41) is 42.6. The van der Waals surface area contributed by atoms with Gasteiger partial charge in [-0.05, 0) is 61.2 Å². The number of amides is 2. The maximum atomic E-state index is 14.9. The Labute approximate surface area is 469 Å². The Bertz CT molecular complexity index is 2540. The first-order valence-corrected chi connectivity index (χ1v) is 27.2.